The Labute approximate surface area is 172 Å². The molecule has 0 radical (unpaired) electrons. The van der Waals surface area contributed by atoms with Crippen LogP contribution in [0.4, 0.5) is 28.9 Å². The van der Waals surface area contributed by atoms with Crippen LogP contribution in [0.1, 0.15) is 23.6 Å². The van der Waals surface area contributed by atoms with Crippen LogP contribution in [0.5, 0.6) is 0 Å². The molecule has 4 nitrogen and oxygen atoms in total. The largest absolute Gasteiger partial charge is 0.417 e. The minimum Gasteiger partial charge on any atom is -0.312 e. The van der Waals surface area contributed by atoms with Crippen molar-refractivity contribution in [2.24, 2.45) is 4.99 Å². The van der Waals surface area contributed by atoms with Crippen molar-refractivity contribution >= 4 is 17.2 Å². The van der Waals surface area contributed by atoms with E-state index in [1.54, 1.807) is 30.0 Å². The maximum absolute atomic E-state index is 14.4. The zero-order chi connectivity index (χ0) is 22.3. The first-order valence-electron chi connectivity index (χ1n) is 9.09. The Balaban J connectivity index is 2.20. The fourth-order valence-electron chi connectivity index (χ4n) is 3.71. The number of hydrogen-bond acceptors (Lipinski definition) is 3. The minimum absolute atomic E-state index is 0.0983. The van der Waals surface area contributed by atoms with Gasteiger partial charge in [-0.1, -0.05) is 24.3 Å². The van der Waals surface area contributed by atoms with E-state index in [1.807, 2.05) is 19.1 Å². The van der Waals surface area contributed by atoms with E-state index in [0.717, 1.165) is 17.7 Å². The molecule has 0 N–H and O–H groups in total. The number of rotatable bonds is 3. The standard InChI is InChI=1S/C22H20F4N4/c1-14-5-8-17(9-6-14)30-15(2)29(20(28-4)21(30,3)13-23)18-10-7-16(12-27)19(11-18)22(24,25)26/h5-11H,2,13H2,1,3-4H3. The molecule has 0 saturated carbocycles. The van der Waals surface area contributed by atoms with Crippen LogP contribution >= 0.6 is 0 Å². The van der Waals surface area contributed by atoms with E-state index in [0.29, 0.717) is 5.69 Å². The molecule has 30 heavy (non-hydrogen) atoms. The Morgan fingerprint density at radius 2 is 1.73 bits per heavy atom. The number of amidine groups is 1. The van der Waals surface area contributed by atoms with Gasteiger partial charge in [-0.25, -0.2) is 4.39 Å². The number of halogens is 4. The van der Waals surface area contributed by atoms with Crippen molar-refractivity contribution in [3.8, 4) is 6.07 Å². The van der Waals surface area contributed by atoms with E-state index in [-0.39, 0.29) is 17.3 Å². The Hall–Kier alpha value is -3.34. The predicted octanol–water partition coefficient (Wildman–Crippen LogP) is 5.44. The highest BCUT2D eigenvalue weighted by Gasteiger charge is 2.50. The van der Waals surface area contributed by atoms with Gasteiger partial charge in [0.2, 0.25) is 0 Å². The summed E-state index contributed by atoms with van der Waals surface area (Å²) in [6.07, 6.45) is -4.72. The average Bonchev–Trinajstić information content (AvgIpc) is 2.94. The minimum atomic E-state index is -4.72. The van der Waals surface area contributed by atoms with Gasteiger partial charge >= 0.3 is 6.18 Å². The van der Waals surface area contributed by atoms with Crippen molar-refractivity contribution < 1.29 is 17.6 Å². The van der Waals surface area contributed by atoms with Crippen LogP contribution in [0.3, 0.4) is 0 Å². The molecule has 1 saturated heterocycles. The third-order valence-corrected chi connectivity index (χ3v) is 5.15. The number of nitrogens with zero attached hydrogens (tertiary/aromatic N) is 4. The molecule has 0 amide bonds. The summed E-state index contributed by atoms with van der Waals surface area (Å²) >= 11 is 0. The number of alkyl halides is 4. The summed E-state index contributed by atoms with van der Waals surface area (Å²) in [5.74, 6) is 0.478. The van der Waals surface area contributed by atoms with Gasteiger partial charge in [0.1, 0.15) is 23.9 Å². The van der Waals surface area contributed by atoms with Gasteiger partial charge in [0.25, 0.3) is 0 Å². The molecule has 8 heteroatoms. The summed E-state index contributed by atoms with van der Waals surface area (Å²) in [4.78, 5) is 7.23. The molecule has 156 valence electrons. The van der Waals surface area contributed by atoms with Gasteiger partial charge in [-0.15, -0.1) is 0 Å². The van der Waals surface area contributed by atoms with Crippen LogP contribution in [0.2, 0.25) is 0 Å². The van der Waals surface area contributed by atoms with Crippen LogP contribution in [-0.4, -0.2) is 25.1 Å². The smallest absolute Gasteiger partial charge is 0.312 e. The van der Waals surface area contributed by atoms with Crippen LogP contribution in [0, 0.1) is 18.3 Å². The highest BCUT2D eigenvalue weighted by molar-refractivity contribution is 6.13. The number of nitriles is 1. The molecule has 0 spiro atoms. The fraction of sp³-hybridized carbons (Fsp3) is 0.273. The van der Waals surface area contributed by atoms with Crippen LogP contribution in [-0.2, 0) is 6.18 Å². The second-order valence-corrected chi connectivity index (χ2v) is 7.22. The maximum atomic E-state index is 14.4. The maximum Gasteiger partial charge on any atom is 0.417 e. The topological polar surface area (TPSA) is 42.6 Å². The Bertz CT molecular complexity index is 1050. The van der Waals surface area contributed by atoms with Crippen molar-refractivity contribution in [1.82, 2.24) is 0 Å². The van der Waals surface area contributed by atoms with Gasteiger partial charge in [-0.2, -0.15) is 18.4 Å². The molecule has 0 bridgehead atoms. The van der Waals surface area contributed by atoms with Crippen molar-refractivity contribution in [2.75, 3.05) is 23.5 Å². The van der Waals surface area contributed by atoms with Gasteiger partial charge in [0.15, 0.2) is 0 Å². The van der Waals surface area contributed by atoms with Gasteiger partial charge in [-0.3, -0.25) is 9.89 Å². The molecular formula is C22H20F4N4. The van der Waals surface area contributed by atoms with E-state index in [9.17, 15) is 17.6 Å². The number of hydrogen-bond donors (Lipinski definition) is 0. The number of aliphatic imine (C=N–C) groups is 1. The SMILES string of the molecule is C=C1N(c2ccc(C#N)c(C(F)(F)F)c2)C(=NC)C(C)(CF)N1c1ccc(C)cc1. The lowest BCUT2D eigenvalue weighted by Gasteiger charge is -2.32. The molecule has 1 aliphatic rings. The molecule has 1 heterocycles. The zero-order valence-electron chi connectivity index (χ0n) is 16.8. The Morgan fingerprint density at radius 3 is 2.23 bits per heavy atom. The van der Waals surface area contributed by atoms with Gasteiger partial charge < -0.3 is 4.90 Å². The van der Waals surface area contributed by atoms with E-state index in [2.05, 4.69) is 11.6 Å². The van der Waals surface area contributed by atoms with E-state index in [1.165, 1.54) is 18.0 Å². The second kappa shape index (κ2) is 7.48. The van der Waals surface area contributed by atoms with Crippen molar-refractivity contribution in [1.29, 1.82) is 5.26 Å². The van der Waals surface area contributed by atoms with E-state index < -0.39 is 29.5 Å². The Morgan fingerprint density at radius 1 is 1.13 bits per heavy atom. The normalized spacial score (nSPS) is 20.7. The van der Waals surface area contributed by atoms with Gasteiger partial charge in [0.05, 0.1) is 17.2 Å². The quantitative estimate of drug-likeness (QED) is 0.626. The lowest BCUT2D eigenvalue weighted by atomic mass is 10.00. The molecule has 1 aliphatic heterocycles. The summed E-state index contributed by atoms with van der Waals surface area (Å²) in [7, 11) is 1.45. The van der Waals surface area contributed by atoms with E-state index in [4.69, 9.17) is 5.26 Å². The number of anilines is 2. The molecule has 2 aromatic carbocycles. The fourth-order valence-corrected chi connectivity index (χ4v) is 3.71. The average molecular weight is 416 g/mol. The summed E-state index contributed by atoms with van der Waals surface area (Å²) in [6.45, 7) is 6.72. The molecule has 1 atom stereocenters. The first-order valence-corrected chi connectivity index (χ1v) is 9.09. The highest BCUT2D eigenvalue weighted by atomic mass is 19.4. The second-order valence-electron chi connectivity index (χ2n) is 7.22. The van der Waals surface area contributed by atoms with Crippen molar-refractivity contribution in [3.05, 3.63) is 71.6 Å². The highest BCUT2D eigenvalue weighted by Crippen LogP contribution is 2.43. The Kier molecular flexibility index (Phi) is 5.33. The summed E-state index contributed by atoms with van der Waals surface area (Å²) in [5.41, 5.74) is -1.09. The summed E-state index contributed by atoms with van der Waals surface area (Å²) in [5, 5.41) is 9.06. The molecular weight excluding hydrogens is 396 g/mol. The van der Waals surface area contributed by atoms with Gasteiger partial charge in [0, 0.05) is 18.4 Å². The van der Waals surface area contributed by atoms with Crippen LogP contribution in [0.15, 0.2) is 59.9 Å². The molecule has 1 unspecified atom stereocenters. The first kappa shape index (κ1) is 21.4. The zero-order valence-corrected chi connectivity index (χ0v) is 16.8. The van der Waals surface area contributed by atoms with Crippen molar-refractivity contribution in [3.63, 3.8) is 0 Å². The molecule has 1 fully saturated rings. The van der Waals surface area contributed by atoms with Gasteiger partial charge in [-0.05, 0) is 44.2 Å². The lowest BCUT2D eigenvalue weighted by molar-refractivity contribution is -0.137. The summed E-state index contributed by atoms with van der Waals surface area (Å²) in [6, 6.07) is 12.2. The molecule has 2 aromatic rings. The van der Waals surface area contributed by atoms with Crippen LogP contribution in [0.25, 0.3) is 0 Å². The molecule has 0 aromatic heterocycles. The molecule has 3 rings (SSSR count). The van der Waals surface area contributed by atoms with Crippen LogP contribution < -0.4 is 9.80 Å². The lowest BCUT2D eigenvalue weighted by Crippen LogP contribution is -2.48. The number of benzene rings is 2. The third kappa shape index (κ3) is 3.30. The van der Waals surface area contributed by atoms with E-state index >= 15 is 0 Å². The van der Waals surface area contributed by atoms with Crippen molar-refractivity contribution in [2.45, 2.75) is 25.6 Å². The monoisotopic (exact) mass is 416 g/mol. The first-order chi connectivity index (χ1) is 14.1. The molecule has 0 aliphatic carbocycles. The summed E-state index contributed by atoms with van der Waals surface area (Å²) < 4.78 is 54.8. The number of aryl methyl sites for hydroxylation is 1. The predicted molar refractivity (Wildman–Crippen MR) is 109 cm³/mol. The third-order valence-electron chi connectivity index (χ3n) is 5.15.